The van der Waals surface area contributed by atoms with E-state index in [1.54, 1.807) is 17.5 Å². The second-order valence-corrected chi connectivity index (χ2v) is 14.6. The molecule has 2 aromatic carbocycles. The van der Waals surface area contributed by atoms with Crippen LogP contribution in [0.2, 0.25) is 0 Å². The van der Waals surface area contributed by atoms with E-state index < -0.39 is 44.5 Å². The number of H-pyrrole nitrogens is 1. The minimum Gasteiger partial charge on any atom is -0.480 e. The van der Waals surface area contributed by atoms with Crippen LogP contribution in [-0.4, -0.2) is 89.9 Å². The Bertz CT molecular complexity index is 2300. The first kappa shape index (κ1) is 37.3. The lowest BCUT2D eigenvalue weighted by atomic mass is 10.0. The van der Waals surface area contributed by atoms with E-state index in [9.17, 15) is 36.0 Å². The van der Waals surface area contributed by atoms with Gasteiger partial charge in [-0.05, 0) is 55.8 Å². The summed E-state index contributed by atoms with van der Waals surface area (Å²) in [6, 6.07) is 8.66. The van der Waals surface area contributed by atoms with Crippen LogP contribution in [0.1, 0.15) is 39.7 Å². The third-order valence-electron chi connectivity index (χ3n) is 7.86. The van der Waals surface area contributed by atoms with E-state index in [1.807, 2.05) is 13.8 Å². The van der Waals surface area contributed by atoms with Gasteiger partial charge >= 0.3 is 18.1 Å². The standard InChI is InChI=1S/C33H30F3N7O8S2/c1-17-13-43(14-18(2)50-17)15-28-39-27(16-52-28)29(44)40-24-8-20(9-25-23(24)12-38-41-25)21-10-26(30(49-3)37-11-21)42-53(47,48)22-6-4-5-19(7-22)31(45)51-32(46)33(34,35)36/h4-12,16-18,42H,13-15H2,1-3H3,(H,38,41)(H,40,44)/t17-,18+. The Morgan fingerprint density at radius 1 is 1.06 bits per heavy atom. The van der Waals surface area contributed by atoms with E-state index in [4.69, 9.17) is 9.47 Å². The second-order valence-electron chi connectivity index (χ2n) is 12.0. The Balaban J connectivity index is 1.23. The normalized spacial score (nSPS) is 16.6. The van der Waals surface area contributed by atoms with Crippen molar-refractivity contribution in [2.75, 3.05) is 30.2 Å². The Labute approximate surface area is 303 Å². The van der Waals surface area contributed by atoms with Crippen molar-refractivity contribution in [3.63, 3.8) is 0 Å². The number of rotatable bonds is 10. The number of methoxy groups -OCH3 is 1. The van der Waals surface area contributed by atoms with Crippen LogP contribution in [-0.2, 0) is 30.8 Å². The van der Waals surface area contributed by atoms with E-state index >= 15 is 0 Å². The maximum atomic E-state index is 13.4. The molecule has 0 radical (unpaired) electrons. The van der Waals surface area contributed by atoms with E-state index in [2.05, 4.69) is 39.8 Å². The van der Waals surface area contributed by atoms with Crippen LogP contribution in [0.15, 0.2) is 65.1 Å². The molecular formula is C33H30F3N7O8S2. The number of nitrogens with zero attached hydrogens (tertiary/aromatic N) is 4. The predicted molar refractivity (Wildman–Crippen MR) is 185 cm³/mol. The average Bonchev–Trinajstić information content (AvgIpc) is 3.77. The van der Waals surface area contributed by atoms with Crippen molar-refractivity contribution in [2.24, 2.45) is 0 Å². The van der Waals surface area contributed by atoms with Crippen LogP contribution >= 0.6 is 11.3 Å². The molecule has 5 aromatic rings. The Kier molecular flexibility index (Phi) is 10.5. The molecule has 1 saturated heterocycles. The molecule has 1 fully saturated rings. The third-order valence-corrected chi connectivity index (χ3v) is 10.1. The zero-order valence-electron chi connectivity index (χ0n) is 28.1. The molecule has 1 aliphatic heterocycles. The number of hydrogen-bond acceptors (Lipinski definition) is 13. The summed E-state index contributed by atoms with van der Waals surface area (Å²) in [5.74, 6) is -5.04. The van der Waals surface area contributed by atoms with Crippen LogP contribution < -0.4 is 14.8 Å². The maximum Gasteiger partial charge on any atom is 0.491 e. The Morgan fingerprint density at radius 3 is 2.51 bits per heavy atom. The quantitative estimate of drug-likeness (QED) is 0.127. The lowest BCUT2D eigenvalue weighted by Gasteiger charge is -2.34. The third kappa shape index (κ3) is 8.62. The largest absolute Gasteiger partial charge is 0.491 e. The summed E-state index contributed by atoms with van der Waals surface area (Å²) < 4.78 is 81.7. The van der Waals surface area contributed by atoms with Crippen molar-refractivity contribution in [3.8, 4) is 17.0 Å². The number of benzene rings is 2. The summed E-state index contributed by atoms with van der Waals surface area (Å²) >= 11 is 1.38. The molecule has 0 spiro atoms. The molecule has 6 rings (SSSR count). The first-order valence-corrected chi connectivity index (χ1v) is 18.1. The van der Waals surface area contributed by atoms with Gasteiger partial charge in [-0.3, -0.25) is 19.5 Å². The molecule has 15 nitrogen and oxygen atoms in total. The number of sulfonamides is 1. The van der Waals surface area contributed by atoms with Gasteiger partial charge in [-0.15, -0.1) is 11.3 Å². The van der Waals surface area contributed by atoms with Gasteiger partial charge < -0.3 is 19.5 Å². The number of ether oxygens (including phenoxy) is 3. The first-order chi connectivity index (χ1) is 25.1. The van der Waals surface area contributed by atoms with Gasteiger partial charge in [0.1, 0.15) is 16.4 Å². The molecule has 0 bridgehead atoms. The summed E-state index contributed by atoms with van der Waals surface area (Å²) in [4.78, 5) is 47.1. The summed E-state index contributed by atoms with van der Waals surface area (Å²) in [5.41, 5.74) is 1.25. The highest BCUT2D eigenvalue weighted by atomic mass is 32.2. The number of carbonyl (C=O) groups is 3. The predicted octanol–water partition coefficient (Wildman–Crippen LogP) is 5.00. The van der Waals surface area contributed by atoms with Gasteiger partial charge in [0.25, 0.3) is 15.9 Å². The first-order valence-electron chi connectivity index (χ1n) is 15.7. The molecular weight excluding hydrogens is 744 g/mol. The number of morpholine rings is 1. The summed E-state index contributed by atoms with van der Waals surface area (Å²) in [5, 5.41) is 12.9. The van der Waals surface area contributed by atoms with Gasteiger partial charge in [-0.1, -0.05) is 6.07 Å². The number of esters is 2. The molecule has 4 heterocycles. The summed E-state index contributed by atoms with van der Waals surface area (Å²) in [7, 11) is -3.27. The number of amides is 1. The van der Waals surface area contributed by atoms with Crippen molar-refractivity contribution >= 4 is 61.5 Å². The van der Waals surface area contributed by atoms with E-state index in [0.29, 0.717) is 34.3 Å². The Hall–Kier alpha value is -5.44. The van der Waals surface area contributed by atoms with Crippen molar-refractivity contribution in [1.29, 1.82) is 0 Å². The van der Waals surface area contributed by atoms with E-state index in [0.717, 1.165) is 42.4 Å². The van der Waals surface area contributed by atoms with Crippen LogP contribution in [0.3, 0.4) is 0 Å². The minimum absolute atomic E-state index is 0.0871. The highest BCUT2D eigenvalue weighted by Gasteiger charge is 2.42. The Morgan fingerprint density at radius 2 is 1.79 bits per heavy atom. The number of alkyl halides is 3. The average molecular weight is 774 g/mol. The number of aromatic nitrogens is 4. The molecule has 0 saturated carbocycles. The molecule has 53 heavy (non-hydrogen) atoms. The highest BCUT2D eigenvalue weighted by Crippen LogP contribution is 2.34. The lowest BCUT2D eigenvalue weighted by Crippen LogP contribution is -2.44. The number of thiazole rings is 1. The van der Waals surface area contributed by atoms with Crippen molar-refractivity contribution < 1.29 is 50.2 Å². The monoisotopic (exact) mass is 773 g/mol. The van der Waals surface area contributed by atoms with Crippen molar-refractivity contribution in [2.45, 2.75) is 43.7 Å². The summed E-state index contributed by atoms with van der Waals surface area (Å²) in [6.07, 6.45) is -2.31. The lowest BCUT2D eigenvalue weighted by molar-refractivity contribution is -0.193. The van der Waals surface area contributed by atoms with Crippen LogP contribution in [0, 0.1) is 0 Å². The zero-order chi connectivity index (χ0) is 38.1. The molecule has 20 heteroatoms. The molecule has 0 unspecified atom stereocenters. The topological polar surface area (TPSA) is 195 Å². The van der Waals surface area contributed by atoms with Gasteiger partial charge in [0.15, 0.2) is 0 Å². The summed E-state index contributed by atoms with van der Waals surface area (Å²) in [6.45, 7) is 6.10. The number of fused-ring (bicyclic) bond motifs is 1. The smallest absolute Gasteiger partial charge is 0.480 e. The molecule has 0 aliphatic carbocycles. The van der Waals surface area contributed by atoms with E-state index in [1.165, 1.54) is 36.9 Å². The minimum atomic E-state index is -5.43. The number of anilines is 2. The molecule has 1 amide bonds. The van der Waals surface area contributed by atoms with Crippen molar-refractivity contribution in [3.05, 3.63) is 76.5 Å². The van der Waals surface area contributed by atoms with Gasteiger partial charge in [-0.2, -0.15) is 18.3 Å². The maximum absolute atomic E-state index is 13.4. The highest BCUT2D eigenvalue weighted by molar-refractivity contribution is 7.92. The fraction of sp³-hybridized carbons (Fsp3) is 0.273. The number of hydrogen-bond donors (Lipinski definition) is 3. The van der Waals surface area contributed by atoms with Gasteiger partial charge in [0, 0.05) is 35.6 Å². The van der Waals surface area contributed by atoms with Crippen LogP contribution in [0.25, 0.3) is 22.0 Å². The van der Waals surface area contributed by atoms with Gasteiger partial charge in [0.05, 0.1) is 53.7 Å². The number of aromatic amines is 1. The molecule has 2 atom stereocenters. The van der Waals surface area contributed by atoms with Gasteiger partial charge in [0.2, 0.25) is 5.88 Å². The second kappa shape index (κ2) is 14.9. The zero-order valence-corrected chi connectivity index (χ0v) is 29.7. The molecule has 3 aromatic heterocycles. The molecule has 278 valence electrons. The fourth-order valence-electron chi connectivity index (χ4n) is 5.64. The number of halogens is 3. The number of carbonyl (C=O) groups excluding carboxylic acids is 3. The van der Waals surface area contributed by atoms with Crippen LogP contribution in [0.4, 0.5) is 24.5 Å². The SMILES string of the molecule is COc1ncc(-c2cc(NC(=O)c3csc(CN4C[C@@H](C)O[C@@H](C)C4)n3)c3cn[nH]c3c2)cc1NS(=O)(=O)c1cccc(C(=O)OC(=O)C(F)(F)F)c1. The number of pyridine rings is 1. The number of nitrogens with one attached hydrogen (secondary N) is 3. The fourth-order valence-corrected chi connectivity index (χ4v) is 7.55. The molecule has 3 N–H and O–H groups in total. The van der Waals surface area contributed by atoms with Crippen molar-refractivity contribution in [1.82, 2.24) is 25.1 Å². The van der Waals surface area contributed by atoms with Crippen LogP contribution in [0.5, 0.6) is 5.88 Å². The van der Waals surface area contributed by atoms with Gasteiger partial charge in [-0.25, -0.2) is 28.0 Å². The van der Waals surface area contributed by atoms with E-state index in [-0.39, 0.29) is 29.5 Å². The molecule has 1 aliphatic rings.